The van der Waals surface area contributed by atoms with Gasteiger partial charge in [-0.05, 0) is 48.8 Å². The molecule has 0 atom stereocenters. The molecule has 4 nitrogen and oxygen atoms in total. The van der Waals surface area contributed by atoms with Crippen molar-refractivity contribution in [1.29, 1.82) is 0 Å². The highest BCUT2D eigenvalue weighted by Gasteiger charge is 2.06. The van der Waals surface area contributed by atoms with Gasteiger partial charge in [0.2, 0.25) is 0 Å². The van der Waals surface area contributed by atoms with Crippen molar-refractivity contribution in [2.45, 2.75) is 23.2 Å². The van der Waals surface area contributed by atoms with Gasteiger partial charge in [-0.1, -0.05) is 0 Å². The van der Waals surface area contributed by atoms with Crippen LogP contribution in [0, 0.1) is 13.8 Å². The maximum Gasteiger partial charge on any atom is 0.176 e. The summed E-state index contributed by atoms with van der Waals surface area (Å²) < 4.78 is 5.03. The molecule has 2 rings (SSSR count). The number of nitrogen functional groups attached to an aromatic ring is 1. The van der Waals surface area contributed by atoms with E-state index in [-0.39, 0.29) is 0 Å². The van der Waals surface area contributed by atoms with Crippen molar-refractivity contribution in [3.8, 4) is 0 Å². The molecule has 0 bridgehead atoms. The van der Waals surface area contributed by atoms with E-state index in [9.17, 15) is 0 Å². The second-order valence-corrected chi connectivity index (χ2v) is 5.09. The van der Waals surface area contributed by atoms with Crippen LogP contribution in [0.15, 0.2) is 21.6 Å². The van der Waals surface area contributed by atoms with Crippen LogP contribution < -0.4 is 5.73 Å². The van der Waals surface area contributed by atoms with Gasteiger partial charge >= 0.3 is 0 Å². The summed E-state index contributed by atoms with van der Waals surface area (Å²) in [5.41, 5.74) is 7.38. The fraction of sp³-hybridized carbons (Fsp3) is 0.222. The Bertz CT molecular complexity index is 481. The number of nitrogens with zero attached hydrogens (tertiary/aromatic N) is 3. The Kier molecular flexibility index (Phi) is 2.88. The molecule has 0 radical (unpaired) electrons. The number of aryl methyl sites for hydroxylation is 2. The monoisotopic (exact) mass is 238 g/mol. The number of nitrogens with two attached hydrogens (primary N) is 1. The largest absolute Gasteiger partial charge is 0.397 e. The smallest absolute Gasteiger partial charge is 0.176 e. The molecule has 0 aliphatic heterocycles. The Hall–Kier alpha value is -1.14. The van der Waals surface area contributed by atoms with E-state index < -0.39 is 0 Å². The first-order chi connectivity index (χ1) is 7.15. The number of rotatable bonds is 2. The maximum absolute atomic E-state index is 5.63. The van der Waals surface area contributed by atoms with Gasteiger partial charge in [0.25, 0.3) is 0 Å². The molecule has 6 heteroatoms. The molecule has 2 N–H and O–H groups in total. The first-order valence-corrected chi connectivity index (χ1v) is 5.94. The summed E-state index contributed by atoms with van der Waals surface area (Å²) in [7, 11) is 0. The molecule has 2 aromatic rings. The topological polar surface area (TPSA) is 64.7 Å². The fourth-order valence-corrected chi connectivity index (χ4v) is 2.68. The fourth-order valence-electron chi connectivity index (χ4n) is 1.09. The number of aromatic nitrogens is 3. The summed E-state index contributed by atoms with van der Waals surface area (Å²) in [5, 5.41) is 0.931. The summed E-state index contributed by atoms with van der Waals surface area (Å²) in [6.45, 7) is 3.86. The SMILES string of the molecule is Cc1nsc(Sc2ncc(N)cc2C)n1. The zero-order chi connectivity index (χ0) is 10.8. The third-order valence-electron chi connectivity index (χ3n) is 1.74. The van der Waals surface area contributed by atoms with Gasteiger partial charge in [-0.25, -0.2) is 9.97 Å². The van der Waals surface area contributed by atoms with E-state index in [0.29, 0.717) is 5.69 Å². The number of hydrogen-bond acceptors (Lipinski definition) is 6. The lowest BCUT2D eigenvalue weighted by Gasteiger charge is -2.01. The van der Waals surface area contributed by atoms with E-state index in [1.165, 1.54) is 23.3 Å². The van der Waals surface area contributed by atoms with Crippen molar-refractivity contribution in [3.05, 3.63) is 23.7 Å². The van der Waals surface area contributed by atoms with Gasteiger partial charge in [0, 0.05) is 0 Å². The third-order valence-corrected chi connectivity index (χ3v) is 3.71. The van der Waals surface area contributed by atoms with Crippen LogP contribution >= 0.6 is 23.3 Å². The van der Waals surface area contributed by atoms with Crippen LogP contribution in [0.2, 0.25) is 0 Å². The van der Waals surface area contributed by atoms with Gasteiger partial charge in [-0.3, -0.25) is 0 Å². The van der Waals surface area contributed by atoms with Crippen LogP contribution in [0.5, 0.6) is 0 Å². The summed E-state index contributed by atoms with van der Waals surface area (Å²) in [6.07, 6.45) is 1.66. The van der Waals surface area contributed by atoms with E-state index in [0.717, 1.165) is 20.8 Å². The number of pyridine rings is 1. The average molecular weight is 238 g/mol. The predicted octanol–water partition coefficient (Wildman–Crippen LogP) is 2.28. The van der Waals surface area contributed by atoms with Crippen LogP contribution in [0.25, 0.3) is 0 Å². The second kappa shape index (κ2) is 4.16. The lowest BCUT2D eigenvalue weighted by Crippen LogP contribution is -1.90. The molecule has 2 aromatic heterocycles. The van der Waals surface area contributed by atoms with E-state index in [2.05, 4.69) is 14.3 Å². The van der Waals surface area contributed by atoms with Gasteiger partial charge in [-0.15, -0.1) is 0 Å². The number of anilines is 1. The van der Waals surface area contributed by atoms with Gasteiger partial charge in [0.1, 0.15) is 10.9 Å². The van der Waals surface area contributed by atoms with Gasteiger partial charge in [0.05, 0.1) is 11.9 Å². The lowest BCUT2D eigenvalue weighted by molar-refractivity contribution is 1.06. The lowest BCUT2D eigenvalue weighted by atomic mass is 10.3. The molecular formula is C9H10N4S2. The molecule has 0 aliphatic rings. The molecule has 15 heavy (non-hydrogen) atoms. The van der Waals surface area contributed by atoms with Crippen LogP contribution in [0.3, 0.4) is 0 Å². The zero-order valence-electron chi connectivity index (χ0n) is 8.39. The Labute approximate surface area is 96.1 Å². The zero-order valence-corrected chi connectivity index (χ0v) is 10.0. The van der Waals surface area contributed by atoms with Crippen molar-refractivity contribution in [3.63, 3.8) is 0 Å². The minimum absolute atomic E-state index is 0.685. The van der Waals surface area contributed by atoms with Crippen molar-refractivity contribution in [2.24, 2.45) is 0 Å². The third kappa shape index (κ3) is 2.45. The van der Waals surface area contributed by atoms with Crippen molar-refractivity contribution in [2.75, 3.05) is 5.73 Å². The highest BCUT2D eigenvalue weighted by Crippen LogP contribution is 2.29. The molecule has 0 amide bonds. The molecule has 0 aromatic carbocycles. The highest BCUT2D eigenvalue weighted by atomic mass is 32.2. The van der Waals surface area contributed by atoms with Gasteiger partial charge < -0.3 is 5.73 Å². The highest BCUT2D eigenvalue weighted by molar-refractivity contribution is 8.00. The number of hydrogen-bond donors (Lipinski definition) is 1. The Balaban J connectivity index is 2.24. The van der Waals surface area contributed by atoms with Crippen LogP contribution in [0.4, 0.5) is 5.69 Å². The van der Waals surface area contributed by atoms with Crippen LogP contribution in [-0.2, 0) is 0 Å². The molecule has 0 saturated carbocycles. The Morgan fingerprint density at radius 2 is 2.20 bits per heavy atom. The maximum atomic E-state index is 5.63. The summed E-state index contributed by atoms with van der Waals surface area (Å²) in [6, 6.07) is 1.91. The molecule has 78 valence electrons. The summed E-state index contributed by atoms with van der Waals surface area (Å²) >= 11 is 2.91. The van der Waals surface area contributed by atoms with E-state index in [1.54, 1.807) is 6.20 Å². The van der Waals surface area contributed by atoms with Crippen molar-refractivity contribution < 1.29 is 0 Å². The van der Waals surface area contributed by atoms with E-state index >= 15 is 0 Å². The first kappa shape index (κ1) is 10.4. The Morgan fingerprint density at radius 3 is 2.80 bits per heavy atom. The summed E-state index contributed by atoms with van der Waals surface area (Å²) in [5.74, 6) is 0.801. The van der Waals surface area contributed by atoms with Crippen LogP contribution in [0.1, 0.15) is 11.4 Å². The quantitative estimate of drug-likeness (QED) is 0.869. The molecule has 0 unspecified atom stereocenters. The van der Waals surface area contributed by atoms with Gasteiger partial charge in [-0.2, -0.15) is 4.37 Å². The Morgan fingerprint density at radius 1 is 1.40 bits per heavy atom. The minimum atomic E-state index is 0.685. The molecule has 2 heterocycles. The summed E-state index contributed by atoms with van der Waals surface area (Å²) in [4.78, 5) is 8.53. The standard InChI is InChI=1S/C9H10N4S2/c1-5-3-7(10)4-11-8(5)14-9-12-6(2)13-15-9/h3-4H,10H2,1-2H3. The molecular weight excluding hydrogens is 228 g/mol. The molecule has 0 fully saturated rings. The second-order valence-electron chi connectivity index (χ2n) is 3.10. The molecule has 0 saturated heterocycles. The van der Waals surface area contributed by atoms with Crippen LogP contribution in [-0.4, -0.2) is 14.3 Å². The van der Waals surface area contributed by atoms with E-state index in [4.69, 9.17) is 5.73 Å². The molecule has 0 spiro atoms. The van der Waals surface area contributed by atoms with E-state index in [1.807, 2.05) is 19.9 Å². The minimum Gasteiger partial charge on any atom is -0.397 e. The normalized spacial score (nSPS) is 10.5. The average Bonchev–Trinajstić information content (AvgIpc) is 2.56. The predicted molar refractivity (Wildman–Crippen MR) is 62.2 cm³/mol. The first-order valence-electron chi connectivity index (χ1n) is 4.35. The molecule has 0 aliphatic carbocycles. The van der Waals surface area contributed by atoms with Crippen molar-refractivity contribution >= 4 is 29.0 Å². The van der Waals surface area contributed by atoms with Gasteiger partial charge in [0.15, 0.2) is 4.34 Å². The van der Waals surface area contributed by atoms with Crippen molar-refractivity contribution in [1.82, 2.24) is 14.3 Å².